The van der Waals surface area contributed by atoms with Crippen LogP contribution in [0.1, 0.15) is 166 Å². The fourth-order valence-corrected chi connectivity index (χ4v) is 7.91. The zero-order valence-corrected chi connectivity index (χ0v) is 30.4. The first-order valence-corrected chi connectivity index (χ1v) is 19.9. The lowest BCUT2D eigenvalue weighted by molar-refractivity contribution is 0.150. The van der Waals surface area contributed by atoms with E-state index in [4.69, 9.17) is 13.5 Å². The van der Waals surface area contributed by atoms with Crippen molar-refractivity contribution in [2.24, 2.45) is 0 Å². The molecule has 0 aliphatic carbocycles. The van der Waals surface area contributed by atoms with Gasteiger partial charge in [-0.25, -0.2) is 0 Å². The van der Waals surface area contributed by atoms with E-state index in [1.807, 2.05) is 13.1 Å². The molecule has 1 N–H and O–H groups in total. The van der Waals surface area contributed by atoms with Gasteiger partial charge in [0.25, 0.3) is 0 Å². The lowest BCUT2D eigenvalue weighted by Crippen LogP contribution is -2.29. The van der Waals surface area contributed by atoms with Gasteiger partial charge in [-0.1, -0.05) is 129 Å². The predicted molar refractivity (Wildman–Crippen MR) is 186 cm³/mol. The van der Waals surface area contributed by atoms with Gasteiger partial charge >= 0.3 is 7.60 Å². The van der Waals surface area contributed by atoms with Crippen molar-refractivity contribution < 1.29 is 23.1 Å². The van der Waals surface area contributed by atoms with Crippen LogP contribution >= 0.6 is 7.60 Å². The summed E-state index contributed by atoms with van der Waals surface area (Å²) in [7, 11) is 2.51. The molecular formula is C36H71N2O5P. The number of furan rings is 1. The van der Waals surface area contributed by atoms with Gasteiger partial charge in [0.05, 0.1) is 13.2 Å². The highest BCUT2D eigenvalue weighted by molar-refractivity contribution is 7.54. The number of nitrogens with zero attached hydrogens (tertiary/aromatic N) is 2. The SMILES string of the molecule is CCCCCCCCCCCCOP(=O)(OCCCCCCCCCCCC)C(c1ccc(CO)o1)N(C)CCCN(C)C. The molecule has 1 rings (SSSR count). The van der Waals surface area contributed by atoms with Gasteiger partial charge < -0.3 is 23.5 Å². The Morgan fingerprint density at radius 1 is 0.659 bits per heavy atom. The Bertz CT molecular complexity index is 788. The second kappa shape index (κ2) is 27.4. The lowest BCUT2D eigenvalue weighted by atomic mass is 10.1. The van der Waals surface area contributed by atoms with Crippen LogP contribution in [0.5, 0.6) is 0 Å². The number of unbranched alkanes of at least 4 members (excludes halogenated alkanes) is 18. The molecule has 1 atom stereocenters. The first kappa shape index (κ1) is 41.3. The van der Waals surface area contributed by atoms with Crippen LogP contribution in [0, 0.1) is 0 Å². The molecule has 0 aromatic carbocycles. The summed E-state index contributed by atoms with van der Waals surface area (Å²) in [5, 5.41) is 9.66. The van der Waals surface area contributed by atoms with Gasteiger partial charge in [-0.15, -0.1) is 0 Å². The summed E-state index contributed by atoms with van der Waals surface area (Å²) in [5.41, 5.74) is 0. The number of aliphatic hydroxyl groups excluding tert-OH is 1. The Morgan fingerprint density at radius 2 is 1.09 bits per heavy atom. The van der Waals surface area contributed by atoms with E-state index in [1.165, 1.54) is 103 Å². The summed E-state index contributed by atoms with van der Waals surface area (Å²) in [4.78, 5) is 4.21. The molecule has 0 amide bonds. The molecule has 1 aromatic heterocycles. The predicted octanol–water partition coefficient (Wildman–Crippen LogP) is 10.7. The first-order chi connectivity index (χ1) is 21.4. The first-order valence-electron chi connectivity index (χ1n) is 18.3. The Morgan fingerprint density at radius 3 is 1.48 bits per heavy atom. The van der Waals surface area contributed by atoms with Crippen molar-refractivity contribution >= 4 is 7.60 Å². The normalized spacial score (nSPS) is 13.0. The highest BCUT2D eigenvalue weighted by Crippen LogP contribution is 2.62. The standard InChI is InChI=1S/C36H71N2O5P/c1-6-8-10-12-14-16-18-20-22-24-31-41-44(40,42-32-25-23-21-19-17-15-13-11-9-7-2)36(35-28-27-34(33-39)43-35)38(5)30-26-29-37(3)4/h27-28,36,39H,6-26,29-33H2,1-5H3. The second-order valence-corrected chi connectivity index (χ2v) is 15.1. The van der Waals surface area contributed by atoms with Gasteiger partial charge in [-0.05, 0) is 59.1 Å². The summed E-state index contributed by atoms with van der Waals surface area (Å²) >= 11 is 0. The number of aliphatic hydroxyl groups is 1. The average Bonchev–Trinajstić information content (AvgIpc) is 3.47. The van der Waals surface area contributed by atoms with E-state index in [1.54, 1.807) is 6.07 Å². The van der Waals surface area contributed by atoms with Gasteiger partial charge in [-0.3, -0.25) is 9.46 Å². The zero-order valence-electron chi connectivity index (χ0n) is 29.5. The van der Waals surface area contributed by atoms with Crippen molar-refractivity contribution in [1.29, 1.82) is 0 Å². The highest BCUT2D eigenvalue weighted by atomic mass is 31.2. The minimum atomic E-state index is -3.59. The van der Waals surface area contributed by atoms with Gasteiger partial charge in [-0.2, -0.15) is 0 Å². The van der Waals surface area contributed by atoms with E-state index in [2.05, 4.69) is 37.7 Å². The van der Waals surface area contributed by atoms with Crippen LogP contribution in [-0.4, -0.2) is 62.4 Å². The van der Waals surface area contributed by atoms with Crippen molar-refractivity contribution in [3.8, 4) is 0 Å². The lowest BCUT2D eigenvalue weighted by Gasteiger charge is -2.32. The molecule has 0 saturated heterocycles. The van der Waals surface area contributed by atoms with Crippen molar-refractivity contribution in [2.45, 2.75) is 161 Å². The molecule has 1 unspecified atom stereocenters. The molecule has 0 fully saturated rings. The van der Waals surface area contributed by atoms with Gasteiger partial charge in [0.15, 0.2) is 5.78 Å². The van der Waals surface area contributed by atoms with Crippen LogP contribution in [-0.2, 0) is 20.2 Å². The van der Waals surface area contributed by atoms with Gasteiger partial charge in [0.1, 0.15) is 18.1 Å². The van der Waals surface area contributed by atoms with Crippen LogP contribution in [0.25, 0.3) is 0 Å². The molecule has 8 heteroatoms. The number of rotatable bonds is 32. The number of hydrogen-bond donors (Lipinski definition) is 1. The minimum absolute atomic E-state index is 0.194. The molecule has 0 bridgehead atoms. The molecule has 7 nitrogen and oxygen atoms in total. The summed E-state index contributed by atoms with van der Waals surface area (Å²) < 4.78 is 33.1. The van der Waals surface area contributed by atoms with Crippen molar-refractivity contribution in [2.75, 3.05) is 47.4 Å². The van der Waals surface area contributed by atoms with E-state index >= 15 is 0 Å². The summed E-state index contributed by atoms with van der Waals surface area (Å²) in [6.07, 6.45) is 25.7. The van der Waals surface area contributed by atoms with E-state index in [0.29, 0.717) is 24.7 Å². The summed E-state index contributed by atoms with van der Waals surface area (Å²) in [6, 6.07) is 3.57. The third-order valence-electron chi connectivity index (χ3n) is 8.46. The molecule has 1 aromatic rings. The quantitative estimate of drug-likeness (QED) is 0.0619. The third-order valence-corrected chi connectivity index (χ3v) is 10.8. The van der Waals surface area contributed by atoms with Crippen molar-refractivity contribution in [1.82, 2.24) is 9.80 Å². The highest BCUT2D eigenvalue weighted by Gasteiger charge is 2.42. The van der Waals surface area contributed by atoms with Crippen LogP contribution in [0.15, 0.2) is 16.5 Å². The summed E-state index contributed by atoms with van der Waals surface area (Å²) in [5.74, 6) is 0.356. The minimum Gasteiger partial charge on any atom is -0.461 e. The zero-order chi connectivity index (χ0) is 32.3. The van der Waals surface area contributed by atoms with Gasteiger partial charge in [0.2, 0.25) is 0 Å². The van der Waals surface area contributed by atoms with E-state index < -0.39 is 13.4 Å². The fraction of sp³-hybridized carbons (Fsp3) is 0.889. The van der Waals surface area contributed by atoms with Gasteiger partial charge in [0, 0.05) is 6.54 Å². The summed E-state index contributed by atoms with van der Waals surface area (Å²) in [6.45, 7) is 6.82. The molecule has 260 valence electrons. The molecule has 0 spiro atoms. The van der Waals surface area contributed by atoms with Crippen molar-refractivity contribution in [3.05, 3.63) is 23.7 Å². The van der Waals surface area contributed by atoms with Crippen LogP contribution in [0.3, 0.4) is 0 Å². The molecule has 0 aliphatic heterocycles. The van der Waals surface area contributed by atoms with Crippen LogP contribution in [0.2, 0.25) is 0 Å². The van der Waals surface area contributed by atoms with Crippen LogP contribution < -0.4 is 0 Å². The maximum absolute atomic E-state index is 14.7. The Balaban J connectivity index is 2.73. The molecular weight excluding hydrogens is 571 g/mol. The molecule has 1 heterocycles. The van der Waals surface area contributed by atoms with Crippen LogP contribution in [0.4, 0.5) is 0 Å². The number of hydrogen-bond acceptors (Lipinski definition) is 7. The third kappa shape index (κ3) is 19.7. The molecule has 0 radical (unpaired) electrons. The molecule has 0 aliphatic rings. The second-order valence-electron chi connectivity index (χ2n) is 13.0. The smallest absolute Gasteiger partial charge is 0.355 e. The topological polar surface area (TPSA) is 75.4 Å². The van der Waals surface area contributed by atoms with E-state index in [9.17, 15) is 9.67 Å². The molecule has 44 heavy (non-hydrogen) atoms. The van der Waals surface area contributed by atoms with E-state index in [0.717, 1.165) is 45.2 Å². The van der Waals surface area contributed by atoms with E-state index in [-0.39, 0.29) is 6.61 Å². The average molecular weight is 643 g/mol. The Hall–Kier alpha value is -0.690. The van der Waals surface area contributed by atoms with Crippen molar-refractivity contribution in [3.63, 3.8) is 0 Å². The fourth-order valence-electron chi connectivity index (χ4n) is 5.73. The Labute approximate surface area is 272 Å². The maximum Gasteiger partial charge on any atom is 0.355 e. The molecule has 0 saturated carbocycles. The monoisotopic (exact) mass is 643 g/mol. The maximum atomic E-state index is 14.7. The largest absolute Gasteiger partial charge is 0.461 e. The Kier molecular flexibility index (Phi) is 25.8.